The van der Waals surface area contributed by atoms with Gasteiger partial charge < -0.3 is 10.2 Å². The molecular weight excluding hydrogens is 302 g/mol. The number of benzene rings is 1. The smallest absolute Gasteiger partial charge is 0.293 e. The molecule has 1 aromatic carbocycles. The van der Waals surface area contributed by atoms with Crippen molar-refractivity contribution < 1.29 is 4.79 Å². The fraction of sp³-hybridized carbons (Fsp3) is 0.500. The highest BCUT2D eigenvalue weighted by Gasteiger charge is 2.27. The summed E-state index contributed by atoms with van der Waals surface area (Å²) in [4.78, 5) is 18.7. The van der Waals surface area contributed by atoms with Gasteiger partial charge in [0.1, 0.15) is 0 Å². The maximum absolute atomic E-state index is 12.7. The van der Waals surface area contributed by atoms with Crippen molar-refractivity contribution in [2.75, 3.05) is 25.5 Å². The average molecular weight is 327 g/mol. The Kier molecular flexibility index (Phi) is 4.30. The number of hydrogen-bond acceptors (Lipinski definition) is 4. The van der Waals surface area contributed by atoms with Gasteiger partial charge in [-0.15, -0.1) is 5.10 Å². The number of carbonyl (C=O) groups excluding carboxylic acids is 1. The van der Waals surface area contributed by atoms with Gasteiger partial charge in [0, 0.05) is 32.1 Å². The first-order valence-corrected chi connectivity index (χ1v) is 8.38. The van der Waals surface area contributed by atoms with E-state index in [9.17, 15) is 4.79 Å². The Morgan fingerprint density at radius 3 is 2.71 bits per heavy atom. The SMILES string of the molecule is Cc1ccc(C(C)(C)CN(C)C(=O)c2nc3n(n2)CCCN3)cc1. The zero-order chi connectivity index (χ0) is 17.3. The number of hydrogen-bond donors (Lipinski definition) is 1. The van der Waals surface area contributed by atoms with Crippen LogP contribution < -0.4 is 5.32 Å². The molecule has 1 amide bonds. The molecule has 2 aromatic rings. The van der Waals surface area contributed by atoms with E-state index < -0.39 is 0 Å². The molecule has 6 nitrogen and oxygen atoms in total. The van der Waals surface area contributed by atoms with E-state index in [0.717, 1.165) is 19.5 Å². The highest BCUT2D eigenvalue weighted by atomic mass is 16.2. The van der Waals surface area contributed by atoms with Gasteiger partial charge in [0.25, 0.3) is 5.91 Å². The lowest BCUT2D eigenvalue weighted by molar-refractivity contribution is 0.0755. The van der Waals surface area contributed by atoms with Gasteiger partial charge in [-0.25, -0.2) is 4.68 Å². The van der Waals surface area contributed by atoms with Crippen LogP contribution in [0.5, 0.6) is 0 Å². The van der Waals surface area contributed by atoms with Gasteiger partial charge in [-0.05, 0) is 18.9 Å². The zero-order valence-corrected chi connectivity index (χ0v) is 14.8. The van der Waals surface area contributed by atoms with Crippen molar-refractivity contribution in [3.8, 4) is 0 Å². The molecule has 1 aliphatic rings. The molecular formula is C18H25N5O. The molecule has 0 unspecified atom stereocenters. The third-order valence-corrected chi connectivity index (χ3v) is 4.51. The van der Waals surface area contributed by atoms with Crippen molar-refractivity contribution in [3.63, 3.8) is 0 Å². The molecule has 0 atom stereocenters. The lowest BCUT2D eigenvalue weighted by Crippen LogP contribution is -2.38. The second-order valence-electron chi connectivity index (χ2n) is 7.17. The maximum atomic E-state index is 12.7. The predicted octanol–water partition coefficient (Wildman–Crippen LogP) is 2.45. The van der Waals surface area contributed by atoms with E-state index in [0.29, 0.717) is 12.5 Å². The van der Waals surface area contributed by atoms with Crippen LogP contribution in [-0.2, 0) is 12.0 Å². The molecule has 2 heterocycles. The number of nitrogens with zero attached hydrogens (tertiary/aromatic N) is 4. The summed E-state index contributed by atoms with van der Waals surface area (Å²) in [6, 6.07) is 8.47. The molecule has 0 saturated heterocycles. The minimum Gasteiger partial charge on any atom is -0.354 e. The molecule has 1 N–H and O–H groups in total. The van der Waals surface area contributed by atoms with Crippen molar-refractivity contribution in [1.29, 1.82) is 0 Å². The topological polar surface area (TPSA) is 63.1 Å². The number of carbonyl (C=O) groups is 1. The second-order valence-corrected chi connectivity index (χ2v) is 7.17. The second kappa shape index (κ2) is 6.26. The summed E-state index contributed by atoms with van der Waals surface area (Å²) in [6.07, 6.45) is 1.00. The number of amides is 1. The van der Waals surface area contributed by atoms with Crippen LogP contribution in [0.3, 0.4) is 0 Å². The first-order valence-electron chi connectivity index (χ1n) is 8.38. The molecule has 128 valence electrons. The van der Waals surface area contributed by atoms with E-state index in [1.54, 1.807) is 9.58 Å². The minimum absolute atomic E-state index is 0.140. The van der Waals surface area contributed by atoms with Gasteiger partial charge >= 0.3 is 0 Å². The van der Waals surface area contributed by atoms with E-state index in [2.05, 4.69) is 60.4 Å². The van der Waals surface area contributed by atoms with Crippen LogP contribution in [-0.4, -0.2) is 45.7 Å². The lowest BCUT2D eigenvalue weighted by atomic mass is 9.84. The van der Waals surface area contributed by atoms with Gasteiger partial charge in [-0.2, -0.15) is 4.98 Å². The first kappa shape index (κ1) is 16.5. The standard InChI is InChI=1S/C18H25N5O/c1-13-6-8-14(9-7-13)18(2,3)12-22(4)16(24)15-20-17-19-10-5-11-23(17)21-15/h6-9H,5,10-12H2,1-4H3,(H,19,20,21). The number of fused-ring (bicyclic) bond motifs is 1. The van der Waals surface area contributed by atoms with Crippen LogP contribution in [0.1, 0.15) is 42.0 Å². The van der Waals surface area contributed by atoms with Crippen LogP contribution in [0.25, 0.3) is 0 Å². The average Bonchev–Trinajstić information content (AvgIpc) is 2.98. The van der Waals surface area contributed by atoms with Gasteiger partial charge in [-0.1, -0.05) is 43.7 Å². The van der Waals surface area contributed by atoms with Crippen LogP contribution in [0.2, 0.25) is 0 Å². The molecule has 0 fully saturated rings. The maximum Gasteiger partial charge on any atom is 0.293 e. The molecule has 0 spiro atoms. The van der Waals surface area contributed by atoms with Crippen molar-refractivity contribution in [2.45, 2.75) is 39.2 Å². The number of aryl methyl sites for hydroxylation is 2. The molecule has 0 aliphatic carbocycles. The summed E-state index contributed by atoms with van der Waals surface area (Å²) in [5.74, 6) is 0.816. The summed E-state index contributed by atoms with van der Waals surface area (Å²) in [7, 11) is 1.81. The van der Waals surface area contributed by atoms with Crippen LogP contribution in [0.4, 0.5) is 5.95 Å². The Hall–Kier alpha value is -2.37. The lowest BCUT2D eigenvalue weighted by Gasteiger charge is -2.30. The summed E-state index contributed by atoms with van der Waals surface area (Å²) in [5, 5.41) is 7.51. The first-order chi connectivity index (χ1) is 11.4. The van der Waals surface area contributed by atoms with Crippen molar-refractivity contribution in [3.05, 3.63) is 41.2 Å². The Morgan fingerprint density at radius 1 is 1.33 bits per heavy atom. The van der Waals surface area contributed by atoms with Crippen LogP contribution in [0, 0.1) is 6.92 Å². The summed E-state index contributed by atoms with van der Waals surface area (Å²) in [5.41, 5.74) is 2.31. The van der Waals surface area contributed by atoms with Crippen molar-refractivity contribution in [1.82, 2.24) is 19.7 Å². The number of rotatable bonds is 4. The van der Waals surface area contributed by atoms with E-state index in [-0.39, 0.29) is 17.1 Å². The molecule has 1 aliphatic heterocycles. The van der Waals surface area contributed by atoms with Gasteiger partial charge in [0.05, 0.1) is 0 Å². The third kappa shape index (κ3) is 3.27. The number of likely N-dealkylation sites (N-methyl/N-ethyl adjacent to an activating group) is 1. The molecule has 6 heteroatoms. The normalized spacial score (nSPS) is 14.0. The van der Waals surface area contributed by atoms with Crippen molar-refractivity contribution in [2.24, 2.45) is 0 Å². The third-order valence-electron chi connectivity index (χ3n) is 4.51. The van der Waals surface area contributed by atoms with E-state index in [4.69, 9.17) is 0 Å². The zero-order valence-electron chi connectivity index (χ0n) is 14.8. The minimum atomic E-state index is -0.143. The molecule has 0 saturated carbocycles. The highest BCUT2D eigenvalue weighted by molar-refractivity contribution is 5.90. The Labute approximate surface area is 142 Å². The van der Waals surface area contributed by atoms with Gasteiger partial charge in [0.15, 0.2) is 0 Å². The Bertz CT molecular complexity index is 709. The summed E-state index contributed by atoms with van der Waals surface area (Å²) >= 11 is 0. The highest BCUT2D eigenvalue weighted by Crippen LogP contribution is 2.25. The molecule has 0 bridgehead atoms. The largest absolute Gasteiger partial charge is 0.354 e. The van der Waals surface area contributed by atoms with E-state index in [1.165, 1.54) is 11.1 Å². The van der Waals surface area contributed by atoms with E-state index in [1.807, 2.05) is 7.05 Å². The number of anilines is 1. The van der Waals surface area contributed by atoms with Crippen LogP contribution in [0.15, 0.2) is 24.3 Å². The van der Waals surface area contributed by atoms with Gasteiger partial charge in [-0.3, -0.25) is 4.79 Å². The monoisotopic (exact) mass is 327 g/mol. The number of nitrogens with one attached hydrogen (secondary N) is 1. The number of aromatic nitrogens is 3. The van der Waals surface area contributed by atoms with E-state index >= 15 is 0 Å². The summed E-state index contributed by atoms with van der Waals surface area (Å²) < 4.78 is 1.77. The van der Waals surface area contributed by atoms with Crippen LogP contribution >= 0.6 is 0 Å². The Balaban J connectivity index is 1.73. The summed E-state index contributed by atoms with van der Waals surface area (Å²) in [6.45, 7) is 8.66. The van der Waals surface area contributed by atoms with Gasteiger partial charge in [0.2, 0.25) is 11.8 Å². The molecule has 24 heavy (non-hydrogen) atoms. The van der Waals surface area contributed by atoms with Crippen molar-refractivity contribution >= 4 is 11.9 Å². The quantitative estimate of drug-likeness (QED) is 0.937. The molecule has 0 radical (unpaired) electrons. The molecule has 1 aromatic heterocycles. The predicted molar refractivity (Wildman–Crippen MR) is 94.3 cm³/mol. The molecule has 3 rings (SSSR count). The fourth-order valence-corrected chi connectivity index (χ4v) is 3.08. The fourth-order valence-electron chi connectivity index (χ4n) is 3.08. The Morgan fingerprint density at radius 2 is 2.04 bits per heavy atom.